The van der Waals surface area contributed by atoms with Crippen molar-refractivity contribution >= 4 is 5.97 Å². The van der Waals surface area contributed by atoms with Crippen molar-refractivity contribution in [1.82, 2.24) is 5.32 Å². The van der Waals surface area contributed by atoms with Crippen LogP contribution in [0, 0.1) is 5.82 Å². The molecule has 0 bridgehead atoms. The molecule has 1 aliphatic heterocycles. The average Bonchev–Trinajstić information content (AvgIpc) is 2.78. The number of halogens is 1. The lowest BCUT2D eigenvalue weighted by molar-refractivity contribution is -0.145. The van der Waals surface area contributed by atoms with Gasteiger partial charge in [-0.15, -0.1) is 0 Å². The third-order valence-corrected chi connectivity index (χ3v) is 2.97. The minimum atomic E-state index is -0.261. The molecular weight excluding hydrogens is 221 g/mol. The predicted molar refractivity (Wildman–Crippen MR) is 61.9 cm³/mol. The van der Waals surface area contributed by atoms with Gasteiger partial charge in [0.2, 0.25) is 0 Å². The van der Waals surface area contributed by atoms with Crippen LogP contribution in [0.1, 0.15) is 31.4 Å². The zero-order chi connectivity index (χ0) is 12.3. The molecule has 1 aromatic carbocycles. The highest BCUT2D eigenvalue weighted by molar-refractivity contribution is 5.76. The quantitative estimate of drug-likeness (QED) is 0.819. The lowest BCUT2D eigenvalue weighted by Gasteiger charge is -2.13. The van der Waals surface area contributed by atoms with E-state index in [0.717, 1.165) is 18.4 Å². The summed E-state index contributed by atoms with van der Waals surface area (Å²) in [6.07, 6.45) is 1.56. The fourth-order valence-electron chi connectivity index (χ4n) is 2.16. The molecule has 0 unspecified atom stereocenters. The van der Waals surface area contributed by atoms with Crippen molar-refractivity contribution in [3.8, 4) is 0 Å². The molecular formula is C13H16FNO2. The van der Waals surface area contributed by atoms with E-state index < -0.39 is 0 Å². The first kappa shape index (κ1) is 12.0. The molecule has 1 saturated heterocycles. The van der Waals surface area contributed by atoms with Gasteiger partial charge in [0.15, 0.2) is 0 Å². The van der Waals surface area contributed by atoms with Crippen LogP contribution in [0.15, 0.2) is 24.3 Å². The minimum Gasteiger partial charge on any atom is -0.465 e. The van der Waals surface area contributed by atoms with Crippen LogP contribution < -0.4 is 5.32 Å². The van der Waals surface area contributed by atoms with Crippen molar-refractivity contribution in [3.63, 3.8) is 0 Å². The molecule has 1 fully saturated rings. The number of rotatable bonds is 3. The minimum absolute atomic E-state index is 0.0418. The van der Waals surface area contributed by atoms with Gasteiger partial charge in [-0.1, -0.05) is 12.1 Å². The molecule has 1 aliphatic rings. The summed E-state index contributed by atoms with van der Waals surface area (Å²) in [7, 11) is 0. The van der Waals surface area contributed by atoms with Gasteiger partial charge in [0.1, 0.15) is 11.9 Å². The first-order chi connectivity index (χ1) is 8.20. The highest BCUT2D eigenvalue weighted by atomic mass is 19.1. The summed E-state index contributed by atoms with van der Waals surface area (Å²) in [6, 6.07) is 6.26. The number of ether oxygens (including phenoxy) is 1. The number of hydrogen-bond donors (Lipinski definition) is 1. The second kappa shape index (κ2) is 5.27. The maximum atomic E-state index is 13.1. The Morgan fingerprint density at radius 2 is 2.35 bits per heavy atom. The highest BCUT2D eigenvalue weighted by Crippen LogP contribution is 2.27. The molecule has 1 heterocycles. The van der Waals surface area contributed by atoms with Crippen LogP contribution in [0.3, 0.4) is 0 Å². The van der Waals surface area contributed by atoms with Crippen LogP contribution in [-0.4, -0.2) is 18.6 Å². The summed E-state index contributed by atoms with van der Waals surface area (Å²) in [6.45, 7) is 2.18. The van der Waals surface area contributed by atoms with Gasteiger partial charge in [-0.25, -0.2) is 4.39 Å². The molecule has 4 heteroatoms. The summed E-state index contributed by atoms with van der Waals surface area (Å²) >= 11 is 0. The SMILES string of the molecule is CCOC(=O)[C@H]1CC[C@@H](c2cccc(F)c2)N1. The number of carbonyl (C=O) groups excluding carboxylic acids is 1. The maximum Gasteiger partial charge on any atom is 0.323 e. The molecule has 0 aromatic heterocycles. The van der Waals surface area contributed by atoms with Gasteiger partial charge in [-0.2, -0.15) is 0 Å². The standard InChI is InChI=1S/C13H16FNO2/c1-2-17-13(16)12-7-6-11(15-12)9-4-3-5-10(14)8-9/h3-5,8,11-12,15H,2,6-7H2,1H3/t11-,12+/m0/s1. The Kier molecular flexibility index (Phi) is 3.74. The molecule has 1 aromatic rings. The van der Waals surface area contributed by atoms with E-state index in [-0.39, 0.29) is 23.9 Å². The topological polar surface area (TPSA) is 38.3 Å². The number of carbonyl (C=O) groups is 1. The molecule has 17 heavy (non-hydrogen) atoms. The van der Waals surface area contributed by atoms with Gasteiger partial charge in [-0.05, 0) is 37.5 Å². The number of nitrogens with one attached hydrogen (secondary N) is 1. The largest absolute Gasteiger partial charge is 0.465 e. The smallest absolute Gasteiger partial charge is 0.323 e. The normalized spacial score (nSPS) is 23.6. The molecule has 3 nitrogen and oxygen atoms in total. The number of benzene rings is 1. The van der Waals surface area contributed by atoms with Crippen LogP contribution in [0.2, 0.25) is 0 Å². The molecule has 2 rings (SSSR count). The van der Waals surface area contributed by atoms with Gasteiger partial charge in [-0.3, -0.25) is 10.1 Å². The van der Waals surface area contributed by atoms with Crippen LogP contribution in [0.4, 0.5) is 4.39 Å². The molecule has 2 atom stereocenters. The van der Waals surface area contributed by atoms with Gasteiger partial charge >= 0.3 is 5.97 Å². The van der Waals surface area contributed by atoms with Crippen LogP contribution in [0.5, 0.6) is 0 Å². The van der Waals surface area contributed by atoms with Crippen molar-refractivity contribution in [2.45, 2.75) is 31.8 Å². The Morgan fingerprint density at radius 3 is 3.06 bits per heavy atom. The number of hydrogen-bond acceptors (Lipinski definition) is 3. The van der Waals surface area contributed by atoms with E-state index in [1.807, 2.05) is 6.07 Å². The molecule has 0 radical (unpaired) electrons. The first-order valence-corrected chi connectivity index (χ1v) is 5.89. The zero-order valence-electron chi connectivity index (χ0n) is 9.78. The monoisotopic (exact) mass is 237 g/mol. The number of esters is 1. The Bertz CT molecular complexity index is 408. The van der Waals surface area contributed by atoms with Gasteiger partial charge in [0, 0.05) is 6.04 Å². The third-order valence-electron chi connectivity index (χ3n) is 2.97. The van der Waals surface area contributed by atoms with E-state index in [1.54, 1.807) is 13.0 Å². The Hall–Kier alpha value is -1.42. The van der Waals surface area contributed by atoms with Crippen molar-refractivity contribution in [2.24, 2.45) is 0 Å². The predicted octanol–water partition coefficient (Wildman–Crippen LogP) is 2.18. The van der Waals surface area contributed by atoms with Gasteiger partial charge in [0.25, 0.3) is 0 Å². The van der Waals surface area contributed by atoms with Crippen LogP contribution in [0.25, 0.3) is 0 Å². The summed E-state index contributed by atoms with van der Waals surface area (Å²) in [5, 5.41) is 3.18. The van der Waals surface area contributed by atoms with Crippen molar-refractivity contribution < 1.29 is 13.9 Å². The Balaban J connectivity index is 2.00. The van der Waals surface area contributed by atoms with Crippen LogP contribution in [-0.2, 0) is 9.53 Å². The van der Waals surface area contributed by atoms with E-state index in [4.69, 9.17) is 4.74 Å². The van der Waals surface area contributed by atoms with Crippen LogP contribution >= 0.6 is 0 Å². The lowest BCUT2D eigenvalue weighted by atomic mass is 10.1. The second-order valence-corrected chi connectivity index (χ2v) is 4.16. The third kappa shape index (κ3) is 2.82. The van der Waals surface area contributed by atoms with Gasteiger partial charge < -0.3 is 4.74 Å². The summed E-state index contributed by atoms with van der Waals surface area (Å²) in [5.41, 5.74) is 0.886. The molecule has 0 spiro atoms. The zero-order valence-corrected chi connectivity index (χ0v) is 9.78. The lowest BCUT2D eigenvalue weighted by Crippen LogP contribution is -2.33. The van der Waals surface area contributed by atoms with E-state index in [0.29, 0.717) is 6.61 Å². The van der Waals surface area contributed by atoms with E-state index in [1.165, 1.54) is 12.1 Å². The fourth-order valence-corrected chi connectivity index (χ4v) is 2.16. The summed E-state index contributed by atoms with van der Waals surface area (Å²) < 4.78 is 18.0. The fraction of sp³-hybridized carbons (Fsp3) is 0.462. The molecule has 0 aliphatic carbocycles. The average molecular weight is 237 g/mol. The molecule has 0 saturated carbocycles. The Morgan fingerprint density at radius 1 is 1.53 bits per heavy atom. The van der Waals surface area contributed by atoms with Crippen molar-refractivity contribution in [1.29, 1.82) is 0 Å². The maximum absolute atomic E-state index is 13.1. The Labute approximate surface area is 100.0 Å². The van der Waals surface area contributed by atoms with Crippen molar-refractivity contribution in [2.75, 3.05) is 6.61 Å². The first-order valence-electron chi connectivity index (χ1n) is 5.89. The molecule has 92 valence electrons. The molecule has 1 N–H and O–H groups in total. The second-order valence-electron chi connectivity index (χ2n) is 4.16. The molecule has 0 amide bonds. The van der Waals surface area contributed by atoms with Crippen molar-refractivity contribution in [3.05, 3.63) is 35.6 Å². The van der Waals surface area contributed by atoms with E-state index in [9.17, 15) is 9.18 Å². The summed E-state index contributed by atoms with van der Waals surface area (Å²) in [4.78, 5) is 11.5. The van der Waals surface area contributed by atoms with Gasteiger partial charge in [0.05, 0.1) is 6.61 Å². The van der Waals surface area contributed by atoms with E-state index in [2.05, 4.69) is 5.32 Å². The summed E-state index contributed by atoms with van der Waals surface area (Å²) in [5.74, 6) is -0.463. The highest BCUT2D eigenvalue weighted by Gasteiger charge is 2.30. The van der Waals surface area contributed by atoms with E-state index >= 15 is 0 Å².